The second-order valence-electron chi connectivity index (χ2n) is 12.4. The Morgan fingerprint density at radius 3 is 1.34 bits per heavy atom. The van der Waals surface area contributed by atoms with E-state index >= 15 is 0 Å². The Balaban J connectivity index is 1.16. The molecule has 0 fully saturated rings. The van der Waals surface area contributed by atoms with Gasteiger partial charge in [-0.05, 0) is 56.6 Å². The number of nitrogens with zero attached hydrogens (tertiary/aromatic N) is 4. The minimum Gasteiger partial charge on any atom is -0.238 e. The van der Waals surface area contributed by atoms with Crippen molar-refractivity contribution < 1.29 is 0 Å². The summed E-state index contributed by atoms with van der Waals surface area (Å²) in [6.07, 6.45) is 0. The highest BCUT2D eigenvalue weighted by atomic mass is 15.0. The lowest BCUT2D eigenvalue weighted by atomic mass is 9.82. The highest BCUT2D eigenvalue weighted by Gasteiger charge is 2.35. The Labute approximate surface area is 274 Å². The van der Waals surface area contributed by atoms with Crippen LogP contribution < -0.4 is 0 Å². The van der Waals surface area contributed by atoms with E-state index < -0.39 is 0 Å². The monoisotopic (exact) mass is 602 g/mol. The van der Waals surface area contributed by atoms with Crippen LogP contribution in [0.1, 0.15) is 25.0 Å². The van der Waals surface area contributed by atoms with Crippen molar-refractivity contribution in [3.8, 4) is 67.5 Å². The molecule has 7 aromatic rings. The molecule has 4 nitrogen and oxygen atoms in total. The fourth-order valence-corrected chi connectivity index (χ4v) is 6.61. The smallest absolute Gasteiger partial charge is 0.187 e. The molecule has 0 spiro atoms. The normalized spacial score (nSPS) is 12.6. The van der Waals surface area contributed by atoms with Crippen LogP contribution in [0.4, 0.5) is 5.69 Å². The zero-order valence-corrected chi connectivity index (χ0v) is 26.1. The van der Waals surface area contributed by atoms with E-state index in [4.69, 9.17) is 21.5 Å². The maximum Gasteiger partial charge on any atom is 0.187 e. The van der Waals surface area contributed by atoms with Crippen LogP contribution in [0.3, 0.4) is 0 Å². The summed E-state index contributed by atoms with van der Waals surface area (Å²) < 4.78 is 0. The minimum atomic E-state index is -0.109. The molecule has 1 heterocycles. The molecule has 0 N–H and O–H groups in total. The highest BCUT2D eigenvalue weighted by molar-refractivity contribution is 5.86. The van der Waals surface area contributed by atoms with Gasteiger partial charge in [0.2, 0.25) is 0 Å². The summed E-state index contributed by atoms with van der Waals surface area (Å²) in [6.45, 7) is 12.0. The summed E-state index contributed by atoms with van der Waals surface area (Å²) in [5.41, 5.74) is 12.8. The average Bonchev–Trinajstić information content (AvgIpc) is 3.37. The molecule has 1 aliphatic rings. The topological polar surface area (TPSA) is 43.0 Å². The van der Waals surface area contributed by atoms with Crippen molar-refractivity contribution >= 4 is 5.69 Å². The molecule has 8 rings (SSSR count). The summed E-state index contributed by atoms with van der Waals surface area (Å²) in [4.78, 5) is 18.5. The van der Waals surface area contributed by atoms with Crippen LogP contribution in [0.15, 0.2) is 146 Å². The number of rotatable bonds is 5. The minimum absolute atomic E-state index is 0.109. The van der Waals surface area contributed by atoms with Gasteiger partial charge in [0, 0.05) is 22.1 Å². The van der Waals surface area contributed by atoms with Crippen molar-refractivity contribution in [3.05, 3.63) is 168 Å². The first-order chi connectivity index (χ1) is 23.0. The molecular formula is C43H30N4. The van der Waals surface area contributed by atoms with Gasteiger partial charge < -0.3 is 0 Å². The summed E-state index contributed by atoms with van der Waals surface area (Å²) in [5, 5.41) is 0. The second-order valence-corrected chi connectivity index (χ2v) is 12.4. The molecule has 0 unspecified atom stereocenters. The lowest BCUT2D eigenvalue weighted by molar-refractivity contribution is 0.660. The third-order valence-electron chi connectivity index (χ3n) is 9.18. The van der Waals surface area contributed by atoms with Crippen molar-refractivity contribution in [1.29, 1.82) is 0 Å². The zero-order valence-electron chi connectivity index (χ0n) is 26.1. The van der Waals surface area contributed by atoms with E-state index in [2.05, 4.69) is 116 Å². The van der Waals surface area contributed by atoms with E-state index in [9.17, 15) is 0 Å². The molecule has 222 valence electrons. The van der Waals surface area contributed by atoms with Gasteiger partial charge in [-0.15, -0.1) is 0 Å². The van der Waals surface area contributed by atoms with Crippen molar-refractivity contribution in [2.24, 2.45) is 0 Å². The maximum atomic E-state index is 7.53. The summed E-state index contributed by atoms with van der Waals surface area (Å²) in [7, 11) is 0. The highest BCUT2D eigenvalue weighted by Crippen LogP contribution is 2.50. The molecule has 0 radical (unpaired) electrons. The van der Waals surface area contributed by atoms with Crippen molar-refractivity contribution in [2.45, 2.75) is 19.3 Å². The van der Waals surface area contributed by atoms with Crippen molar-refractivity contribution in [2.75, 3.05) is 0 Å². The van der Waals surface area contributed by atoms with Crippen molar-refractivity contribution in [3.63, 3.8) is 0 Å². The Morgan fingerprint density at radius 2 is 0.809 bits per heavy atom. The molecule has 0 atom stereocenters. The van der Waals surface area contributed by atoms with Gasteiger partial charge in [-0.1, -0.05) is 147 Å². The molecule has 4 heteroatoms. The van der Waals surface area contributed by atoms with Crippen LogP contribution in [-0.2, 0) is 5.41 Å². The molecule has 0 saturated heterocycles. The van der Waals surface area contributed by atoms with Crippen molar-refractivity contribution in [1.82, 2.24) is 15.0 Å². The quantitative estimate of drug-likeness (QED) is 0.184. The lowest BCUT2D eigenvalue weighted by Gasteiger charge is -2.21. The van der Waals surface area contributed by atoms with E-state index in [1.54, 1.807) is 0 Å². The number of aromatic nitrogens is 3. The fourth-order valence-electron chi connectivity index (χ4n) is 6.61. The van der Waals surface area contributed by atoms with Gasteiger partial charge in [0.15, 0.2) is 23.2 Å². The van der Waals surface area contributed by atoms with Gasteiger partial charge in [-0.25, -0.2) is 19.8 Å². The number of benzene rings is 6. The van der Waals surface area contributed by atoms with Crippen LogP contribution in [0.5, 0.6) is 0 Å². The van der Waals surface area contributed by atoms with Crippen LogP contribution in [0, 0.1) is 6.57 Å². The first-order valence-electron chi connectivity index (χ1n) is 15.7. The largest absolute Gasteiger partial charge is 0.238 e. The Bertz CT molecular complexity index is 2300. The SMILES string of the molecule is [C-]#[N+]c1ccc2c(c1)-c1cc(-c3ccc(-c4nc(-c5ccccc5)nc(-c5ccc(-c6ccccc6)cc5)n4)cc3)ccc1C2(C)C. The number of hydrogen-bond acceptors (Lipinski definition) is 3. The zero-order chi connectivity index (χ0) is 32.0. The van der Waals surface area contributed by atoms with Gasteiger partial charge in [0.05, 0.1) is 6.57 Å². The van der Waals surface area contributed by atoms with Gasteiger partial charge in [0.25, 0.3) is 0 Å². The molecule has 0 saturated carbocycles. The molecular weight excluding hydrogens is 573 g/mol. The molecule has 6 aromatic carbocycles. The van der Waals surface area contributed by atoms with E-state index in [1.807, 2.05) is 48.5 Å². The molecule has 0 aliphatic heterocycles. The van der Waals surface area contributed by atoms with Crippen LogP contribution in [0.25, 0.3) is 72.4 Å². The Kier molecular flexibility index (Phi) is 6.82. The summed E-state index contributed by atoms with van der Waals surface area (Å²) in [5.74, 6) is 1.90. The third-order valence-corrected chi connectivity index (χ3v) is 9.18. The Morgan fingerprint density at radius 1 is 0.426 bits per heavy atom. The van der Waals surface area contributed by atoms with Gasteiger partial charge in [0.1, 0.15) is 0 Å². The average molecular weight is 603 g/mol. The molecule has 1 aromatic heterocycles. The molecule has 0 bridgehead atoms. The predicted octanol–water partition coefficient (Wildman–Crippen LogP) is 11.1. The van der Waals surface area contributed by atoms with Gasteiger partial charge in [-0.3, -0.25) is 0 Å². The summed E-state index contributed by atoms with van der Waals surface area (Å²) >= 11 is 0. The van der Waals surface area contributed by atoms with Crippen LogP contribution in [0.2, 0.25) is 0 Å². The molecule has 47 heavy (non-hydrogen) atoms. The fraction of sp³-hybridized carbons (Fsp3) is 0.0698. The van der Waals surface area contributed by atoms with E-state index in [0.29, 0.717) is 23.2 Å². The number of hydrogen-bond donors (Lipinski definition) is 0. The first kappa shape index (κ1) is 28.3. The predicted molar refractivity (Wildman–Crippen MR) is 191 cm³/mol. The van der Waals surface area contributed by atoms with Crippen LogP contribution >= 0.6 is 0 Å². The van der Waals surface area contributed by atoms with E-state index in [1.165, 1.54) is 22.3 Å². The van der Waals surface area contributed by atoms with E-state index in [0.717, 1.165) is 38.9 Å². The standard InChI is InChI=1S/C43H30N4/c1-43(2)38-24-22-34(26-36(38)37-27-35(44-3)23-25-39(37)43)30-16-20-33(21-17-30)42-46-40(31-12-8-5-9-13-31)45-41(47-42)32-18-14-29(15-19-32)28-10-6-4-7-11-28/h4-27H,1-2H3. The molecule has 1 aliphatic carbocycles. The van der Waals surface area contributed by atoms with Gasteiger partial charge in [-0.2, -0.15) is 0 Å². The van der Waals surface area contributed by atoms with Gasteiger partial charge >= 0.3 is 0 Å². The lowest BCUT2D eigenvalue weighted by Crippen LogP contribution is -2.14. The second kappa shape index (κ2) is 11.3. The maximum absolute atomic E-state index is 7.53. The summed E-state index contributed by atoms with van der Waals surface area (Å²) in [6, 6.07) is 50.0. The van der Waals surface area contributed by atoms with Crippen LogP contribution in [-0.4, -0.2) is 15.0 Å². The third kappa shape index (κ3) is 5.09. The number of fused-ring (bicyclic) bond motifs is 3. The van der Waals surface area contributed by atoms with E-state index in [-0.39, 0.29) is 5.41 Å². The Hall–Kier alpha value is -6.18. The molecule has 0 amide bonds. The first-order valence-corrected chi connectivity index (χ1v) is 15.7.